The molecular formula is C16H32O. The van der Waals surface area contributed by atoms with Gasteiger partial charge in [-0.3, -0.25) is 0 Å². The molecule has 2 atom stereocenters. The summed E-state index contributed by atoms with van der Waals surface area (Å²) >= 11 is 0. The predicted octanol–water partition coefficient (Wildman–Crippen LogP) is 5.56. The monoisotopic (exact) mass is 240 g/mol. The summed E-state index contributed by atoms with van der Waals surface area (Å²) in [6.45, 7) is 10.9. The van der Waals surface area contributed by atoms with Crippen LogP contribution in [0.5, 0.6) is 0 Å². The van der Waals surface area contributed by atoms with Crippen molar-refractivity contribution in [3.63, 3.8) is 0 Å². The first kappa shape index (κ1) is 16.5. The van der Waals surface area contributed by atoms with Crippen molar-refractivity contribution in [3.8, 4) is 0 Å². The van der Waals surface area contributed by atoms with Crippen molar-refractivity contribution in [2.45, 2.75) is 72.1 Å². The lowest BCUT2D eigenvalue weighted by atomic mass is 9.93. The zero-order valence-electron chi connectivity index (χ0n) is 12.4. The summed E-state index contributed by atoms with van der Waals surface area (Å²) in [6, 6.07) is 0. The number of allylic oxidation sites excluding steroid dienone is 1. The normalized spacial score (nSPS) is 14.4. The zero-order chi connectivity index (χ0) is 13.1. The van der Waals surface area contributed by atoms with Crippen LogP contribution in [0.1, 0.15) is 72.1 Å². The average molecular weight is 240 g/mol. The van der Waals surface area contributed by atoms with Crippen molar-refractivity contribution in [3.05, 3.63) is 12.3 Å². The molecule has 0 aliphatic rings. The Labute approximate surface area is 109 Å². The second kappa shape index (κ2) is 10.7. The van der Waals surface area contributed by atoms with E-state index in [2.05, 4.69) is 27.4 Å². The van der Waals surface area contributed by atoms with Gasteiger partial charge in [0.2, 0.25) is 0 Å². The number of rotatable bonds is 11. The Bertz CT molecular complexity index is 186. The van der Waals surface area contributed by atoms with Crippen LogP contribution in [0.2, 0.25) is 0 Å². The summed E-state index contributed by atoms with van der Waals surface area (Å²) in [5, 5.41) is 0. The summed E-state index contributed by atoms with van der Waals surface area (Å²) < 4.78 is 5.08. The Morgan fingerprint density at radius 2 is 1.53 bits per heavy atom. The Hall–Kier alpha value is -0.460. The second-order valence-corrected chi connectivity index (χ2v) is 5.56. The van der Waals surface area contributed by atoms with Crippen LogP contribution in [0, 0.1) is 11.8 Å². The topological polar surface area (TPSA) is 9.23 Å². The molecule has 0 radical (unpaired) electrons. The van der Waals surface area contributed by atoms with E-state index in [0.717, 1.165) is 24.0 Å². The van der Waals surface area contributed by atoms with Crippen LogP contribution in [0.15, 0.2) is 12.3 Å². The highest BCUT2D eigenvalue weighted by Crippen LogP contribution is 2.20. The number of hydrogen-bond acceptors (Lipinski definition) is 1. The molecule has 102 valence electrons. The molecule has 0 rings (SSSR count). The molecule has 0 bridgehead atoms. The third-order valence-corrected chi connectivity index (χ3v) is 3.62. The molecular weight excluding hydrogens is 208 g/mol. The molecule has 0 heterocycles. The van der Waals surface area contributed by atoms with E-state index in [0.29, 0.717) is 0 Å². The maximum Gasteiger partial charge on any atom is 0.0883 e. The van der Waals surface area contributed by atoms with Gasteiger partial charge in [0.25, 0.3) is 0 Å². The van der Waals surface area contributed by atoms with Gasteiger partial charge in [-0.1, -0.05) is 65.9 Å². The molecule has 0 spiro atoms. The molecule has 0 aliphatic carbocycles. The van der Waals surface area contributed by atoms with Gasteiger partial charge in [0.05, 0.1) is 12.9 Å². The van der Waals surface area contributed by atoms with Crippen LogP contribution in [-0.4, -0.2) is 7.11 Å². The molecule has 0 saturated heterocycles. The average Bonchev–Trinajstić information content (AvgIpc) is 2.29. The van der Waals surface area contributed by atoms with Crippen molar-refractivity contribution in [1.29, 1.82) is 0 Å². The summed E-state index contributed by atoms with van der Waals surface area (Å²) in [5.74, 6) is 2.70. The van der Waals surface area contributed by atoms with Crippen molar-refractivity contribution < 1.29 is 4.74 Å². The fourth-order valence-corrected chi connectivity index (χ4v) is 2.35. The fraction of sp³-hybridized carbons (Fsp3) is 0.875. The van der Waals surface area contributed by atoms with Gasteiger partial charge in [-0.15, -0.1) is 0 Å². The first-order valence-electron chi connectivity index (χ1n) is 7.31. The molecule has 0 aromatic carbocycles. The van der Waals surface area contributed by atoms with Gasteiger partial charge in [-0.2, -0.15) is 0 Å². The third-order valence-electron chi connectivity index (χ3n) is 3.62. The molecule has 1 nitrogen and oxygen atoms in total. The molecule has 2 unspecified atom stereocenters. The first-order chi connectivity index (χ1) is 8.10. The third kappa shape index (κ3) is 10.4. The van der Waals surface area contributed by atoms with Crippen molar-refractivity contribution in [1.82, 2.24) is 0 Å². The van der Waals surface area contributed by atoms with Crippen molar-refractivity contribution in [2.24, 2.45) is 11.8 Å². The van der Waals surface area contributed by atoms with Gasteiger partial charge >= 0.3 is 0 Å². The van der Waals surface area contributed by atoms with E-state index in [1.807, 2.05) is 0 Å². The van der Waals surface area contributed by atoms with E-state index >= 15 is 0 Å². The van der Waals surface area contributed by atoms with E-state index in [1.165, 1.54) is 44.9 Å². The van der Waals surface area contributed by atoms with Gasteiger partial charge in [-0.05, 0) is 18.3 Å². The maximum atomic E-state index is 5.08. The largest absolute Gasteiger partial charge is 0.502 e. The molecule has 1 heteroatoms. The van der Waals surface area contributed by atoms with E-state index in [-0.39, 0.29) is 0 Å². The number of ether oxygens (including phenoxy) is 1. The molecule has 0 N–H and O–H groups in total. The maximum absolute atomic E-state index is 5.08. The lowest BCUT2D eigenvalue weighted by molar-refractivity contribution is 0.273. The van der Waals surface area contributed by atoms with Gasteiger partial charge in [-0.25, -0.2) is 0 Å². The molecule has 0 saturated carbocycles. The van der Waals surface area contributed by atoms with Gasteiger partial charge in [0, 0.05) is 6.42 Å². The van der Waals surface area contributed by atoms with Crippen LogP contribution < -0.4 is 0 Å². The lowest BCUT2D eigenvalue weighted by Crippen LogP contribution is -1.99. The Morgan fingerprint density at radius 1 is 1.00 bits per heavy atom. The zero-order valence-corrected chi connectivity index (χ0v) is 12.4. The van der Waals surface area contributed by atoms with E-state index in [1.54, 1.807) is 7.11 Å². The van der Waals surface area contributed by atoms with E-state index in [9.17, 15) is 0 Å². The molecule has 0 aromatic heterocycles. The summed E-state index contributed by atoms with van der Waals surface area (Å²) in [4.78, 5) is 0. The number of hydrogen-bond donors (Lipinski definition) is 0. The molecule has 0 aliphatic heterocycles. The minimum Gasteiger partial charge on any atom is -0.502 e. The van der Waals surface area contributed by atoms with Crippen molar-refractivity contribution in [2.75, 3.05) is 7.11 Å². The molecule has 0 amide bonds. The molecule has 17 heavy (non-hydrogen) atoms. The van der Waals surface area contributed by atoms with Crippen LogP contribution in [-0.2, 0) is 4.74 Å². The Balaban J connectivity index is 3.40. The standard InChI is InChI=1S/C16H32O/c1-6-9-14(2)10-7-11-15(3)12-8-13-16(4)17-5/h14-15H,4,6-13H2,1-3,5H3. The molecule has 0 aromatic rings. The van der Waals surface area contributed by atoms with Crippen LogP contribution >= 0.6 is 0 Å². The van der Waals surface area contributed by atoms with Gasteiger partial charge in [0.15, 0.2) is 0 Å². The quantitative estimate of drug-likeness (QED) is 0.430. The van der Waals surface area contributed by atoms with E-state index < -0.39 is 0 Å². The summed E-state index contributed by atoms with van der Waals surface area (Å²) in [5.41, 5.74) is 0. The van der Waals surface area contributed by atoms with Crippen LogP contribution in [0.3, 0.4) is 0 Å². The SMILES string of the molecule is C=C(CCCC(C)CCCC(C)CCC)OC. The minimum atomic E-state index is 0.855. The lowest BCUT2D eigenvalue weighted by Gasteiger charge is -2.14. The predicted molar refractivity (Wildman–Crippen MR) is 77.1 cm³/mol. The Morgan fingerprint density at radius 3 is 2.06 bits per heavy atom. The van der Waals surface area contributed by atoms with Gasteiger partial charge in [0.1, 0.15) is 0 Å². The van der Waals surface area contributed by atoms with Crippen LogP contribution in [0.25, 0.3) is 0 Å². The number of methoxy groups -OCH3 is 1. The summed E-state index contributed by atoms with van der Waals surface area (Å²) in [6.07, 6.45) is 10.5. The van der Waals surface area contributed by atoms with Gasteiger partial charge < -0.3 is 4.74 Å². The first-order valence-corrected chi connectivity index (χ1v) is 7.31. The minimum absolute atomic E-state index is 0.855. The van der Waals surface area contributed by atoms with Crippen molar-refractivity contribution >= 4 is 0 Å². The second-order valence-electron chi connectivity index (χ2n) is 5.56. The smallest absolute Gasteiger partial charge is 0.0883 e. The highest BCUT2D eigenvalue weighted by Gasteiger charge is 2.05. The highest BCUT2D eigenvalue weighted by atomic mass is 16.5. The van der Waals surface area contributed by atoms with Crippen LogP contribution in [0.4, 0.5) is 0 Å². The van der Waals surface area contributed by atoms with E-state index in [4.69, 9.17) is 4.74 Å². The summed E-state index contributed by atoms with van der Waals surface area (Å²) in [7, 11) is 1.71. The Kier molecular flexibility index (Phi) is 10.4. The fourth-order valence-electron chi connectivity index (χ4n) is 2.35. The highest BCUT2D eigenvalue weighted by molar-refractivity contribution is 4.81. The molecule has 0 fully saturated rings.